The summed E-state index contributed by atoms with van der Waals surface area (Å²) in [6.07, 6.45) is 3.60. The highest BCUT2D eigenvalue weighted by Crippen LogP contribution is 2.34. The van der Waals surface area contributed by atoms with Crippen molar-refractivity contribution in [1.82, 2.24) is 19.3 Å². The van der Waals surface area contributed by atoms with E-state index in [1.54, 1.807) is 31.2 Å². The fourth-order valence-electron chi connectivity index (χ4n) is 2.22. The Morgan fingerprint density at radius 2 is 1.85 bits per heavy atom. The molecular weight excluding hydrogens is 258 g/mol. The van der Waals surface area contributed by atoms with Crippen LogP contribution in [0.1, 0.15) is 0 Å². The number of hydrogen-bond donors (Lipinski definition) is 1. The molecule has 3 rings (SSSR count). The Hall–Kier alpha value is -2.70. The standard InChI is InChI=1S/C13H15N5O2/c1-17-7-8(6-15-17)18-10-5-12(20-3)11(19-2)4-9(10)16-13(18)14/h4-7H,1-3H3,(H2,14,16). The van der Waals surface area contributed by atoms with Gasteiger partial charge in [0.05, 0.1) is 37.1 Å². The predicted molar refractivity (Wildman–Crippen MR) is 75.4 cm³/mol. The Labute approximate surface area is 115 Å². The number of ether oxygens (including phenoxy) is 2. The lowest BCUT2D eigenvalue weighted by Crippen LogP contribution is -1.99. The molecule has 7 nitrogen and oxygen atoms in total. The SMILES string of the molecule is COc1cc2nc(N)n(-c3cnn(C)c3)c2cc1OC. The van der Waals surface area contributed by atoms with Gasteiger partial charge in [-0.1, -0.05) is 0 Å². The maximum atomic E-state index is 6.01. The molecule has 0 unspecified atom stereocenters. The minimum Gasteiger partial charge on any atom is -0.493 e. The molecule has 0 radical (unpaired) electrons. The molecule has 2 heterocycles. The Kier molecular flexibility index (Phi) is 2.74. The van der Waals surface area contributed by atoms with Gasteiger partial charge in [-0.15, -0.1) is 0 Å². The van der Waals surface area contributed by atoms with Gasteiger partial charge in [-0.2, -0.15) is 5.10 Å². The number of aromatic nitrogens is 4. The van der Waals surface area contributed by atoms with Crippen molar-refractivity contribution in [2.75, 3.05) is 20.0 Å². The zero-order chi connectivity index (χ0) is 14.3. The maximum Gasteiger partial charge on any atom is 0.206 e. The van der Waals surface area contributed by atoms with Gasteiger partial charge in [-0.05, 0) is 0 Å². The summed E-state index contributed by atoms with van der Waals surface area (Å²) < 4.78 is 14.1. The Balaban J connectivity index is 2.29. The normalized spacial score (nSPS) is 10.9. The first-order valence-corrected chi connectivity index (χ1v) is 6.03. The lowest BCUT2D eigenvalue weighted by atomic mass is 10.2. The molecule has 0 aliphatic heterocycles. The highest BCUT2D eigenvalue weighted by molar-refractivity contribution is 5.84. The first-order chi connectivity index (χ1) is 9.63. The summed E-state index contributed by atoms with van der Waals surface area (Å²) in [6, 6.07) is 3.65. The molecule has 20 heavy (non-hydrogen) atoms. The molecule has 2 N–H and O–H groups in total. The van der Waals surface area contributed by atoms with Gasteiger partial charge < -0.3 is 15.2 Å². The van der Waals surface area contributed by atoms with Crippen LogP contribution in [0.5, 0.6) is 11.5 Å². The third kappa shape index (κ3) is 1.75. The van der Waals surface area contributed by atoms with E-state index in [0.29, 0.717) is 17.4 Å². The van der Waals surface area contributed by atoms with Crippen LogP contribution in [-0.4, -0.2) is 33.6 Å². The van der Waals surface area contributed by atoms with E-state index >= 15 is 0 Å². The minimum atomic E-state index is 0.392. The Morgan fingerprint density at radius 1 is 1.15 bits per heavy atom. The second-order valence-corrected chi connectivity index (χ2v) is 4.37. The smallest absolute Gasteiger partial charge is 0.206 e. The molecule has 0 atom stereocenters. The summed E-state index contributed by atoms with van der Waals surface area (Å²) in [7, 11) is 5.03. The molecule has 0 aliphatic rings. The number of benzene rings is 1. The predicted octanol–water partition coefficient (Wildman–Crippen LogP) is 1.36. The number of rotatable bonds is 3. The zero-order valence-electron chi connectivity index (χ0n) is 11.5. The van der Waals surface area contributed by atoms with Gasteiger partial charge >= 0.3 is 0 Å². The summed E-state index contributed by atoms with van der Waals surface area (Å²) >= 11 is 0. The third-order valence-electron chi connectivity index (χ3n) is 3.14. The molecule has 0 saturated heterocycles. The third-order valence-corrected chi connectivity index (χ3v) is 3.14. The monoisotopic (exact) mass is 273 g/mol. The molecule has 0 aliphatic carbocycles. The number of imidazole rings is 1. The van der Waals surface area contributed by atoms with Crippen molar-refractivity contribution in [2.45, 2.75) is 0 Å². The first kappa shape index (κ1) is 12.3. The van der Waals surface area contributed by atoms with E-state index in [-0.39, 0.29) is 0 Å². The second kappa shape index (κ2) is 4.44. The number of nitrogen functional groups attached to an aromatic ring is 1. The van der Waals surface area contributed by atoms with Gasteiger partial charge in [0.1, 0.15) is 0 Å². The van der Waals surface area contributed by atoms with Gasteiger partial charge in [-0.25, -0.2) is 4.98 Å². The average Bonchev–Trinajstić information content (AvgIpc) is 2.99. The molecule has 0 bridgehead atoms. The molecule has 3 aromatic rings. The van der Waals surface area contributed by atoms with Crippen molar-refractivity contribution >= 4 is 17.0 Å². The quantitative estimate of drug-likeness (QED) is 0.779. The number of anilines is 1. The maximum absolute atomic E-state index is 6.01. The number of methoxy groups -OCH3 is 2. The number of fused-ring (bicyclic) bond motifs is 1. The lowest BCUT2D eigenvalue weighted by Gasteiger charge is -2.08. The molecule has 0 fully saturated rings. The number of hydrogen-bond acceptors (Lipinski definition) is 5. The highest BCUT2D eigenvalue weighted by atomic mass is 16.5. The minimum absolute atomic E-state index is 0.392. The zero-order valence-corrected chi connectivity index (χ0v) is 11.5. The van der Waals surface area contributed by atoms with Gasteiger partial charge in [0.2, 0.25) is 5.95 Å². The lowest BCUT2D eigenvalue weighted by molar-refractivity contribution is 0.355. The average molecular weight is 273 g/mol. The van der Waals surface area contributed by atoms with Crippen molar-refractivity contribution < 1.29 is 9.47 Å². The van der Waals surface area contributed by atoms with Gasteiger partial charge in [0.15, 0.2) is 11.5 Å². The van der Waals surface area contributed by atoms with Crippen LogP contribution in [0.2, 0.25) is 0 Å². The van der Waals surface area contributed by atoms with Crippen LogP contribution < -0.4 is 15.2 Å². The molecular formula is C13H15N5O2. The van der Waals surface area contributed by atoms with E-state index in [1.165, 1.54) is 0 Å². The van der Waals surface area contributed by atoms with E-state index in [0.717, 1.165) is 16.7 Å². The molecule has 0 saturated carbocycles. The van der Waals surface area contributed by atoms with Crippen LogP contribution in [0, 0.1) is 0 Å². The van der Waals surface area contributed by atoms with Crippen LogP contribution >= 0.6 is 0 Å². The number of nitrogens with zero attached hydrogens (tertiary/aromatic N) is 4. The fourth-order valence-corrected chi connectivity index (χ4v) is 2.22. The molecule has 7 heteroatoms. The molecule has 0 spiro atoms. The summed E-state index contributed by atoms with van der Waals surface area (Å²) in [4.78, 5) is 4.35. The summed E-state index contributed by atoms with van der Waals surface area (Å²) in [5.41, 5.74) is 8.44. The van der Waals surface area contributed by atoms with Crippen molar-refractivity contribution in [2.24, 2.45) is 7.05 Å². The highest BCUT2D eigenvalue weighted by Gasteiger charge is 2.15. The first-order valence-electron chi connectivity index (χ1n) is 6.03. The van der Waals surface area contributed by atoms with E-state index < -0.39 is 0 Å². The molecule has 1 aromatic carbocycles. The van der Waals surface area contributed by atoms with Gasteiger partial charge in [0.25, 0.3) is 0 Å². The molecule has 104 valence electrons. The Morgan fingerprint density at radius 3 is 2.45 bits per heavy atom. The van der Waals surface area contributed by atoms with E-state index in [4.69, 9.17) is 15.2 Å². The van der Waals surface area contributed by atoms with Crippen molar-refractivity contribution in [3.63, 3.8) is 0 Å². The van der Waals surface area contributed by atoms with Gasteiger partial charge in [0, 0.05) is 25.4 Å². The van der Waals surface area contributed by atoms with Gasteiger partial charge in [-0.3, -0.25) is 9.25 Å². The van der Waals surface area contributed by atoms with Crippen LogP contribution in [0.3, 0.4) is 0 Å². The molecule has 0 amide bonds. The van der Waals surface area contributed by atoms with Crippen molar-refractivity contribution in [1.29, 1.82) is 0 Å². The van der Waals surface area contributed by atoms with Crippen LogP contribution in [-0.2, 0) is 7.05 Å². The van der Waals surface area contributed by atoms with Crippen LogP contribution in [0.15, 0.2) is 24.5 Å². The van der Waals surface area contributed by atoms with E-state index in [1.807, 2.05) is 23.9 Å². The molecule has 2 aromatic heterocycles. The second-order valence-electron chi connectivity index (χ2n) is 4.37. The van der Waals surface area contributed by atoms with Crippen molar-refractivity contribution in [3.8, 4) is 17.2 Å². The Bertz CT molecular complexity index is 775. The van der Waals surface area contributed by atoms with Crippen LogP contribution in [0.4, 0.5) is 5.95 Å². The summed E-state index contributed by atoms with van der Waals surface area (Å²) in [5, 5.41) is 4.15. The topological polar surface area (TPSA) is 80.1 Å². The van der Waals surface area contributed by atoms with Crippen LogP contribution in [0.25, 0.3) is 16.7 Å². The fraction of sp³-hybridized carbons (Fsp3) is 0.231. The largest absolute Gasteiger partial charge is 0.493 e. The van der Waals surface area contributed by atoms with Crippen molar-refractivity contribution in [3.05, 3.63) is 24.5 Å². The summed E-state index contributed by atoms with van der Waals surface area (Å²) in [6.45, 7) is 0. The van der Waals surface area contributed by atoms with E-state index in [2.05, 4.69) is 10.1 Å². The number of nitrogens with two attached hydrogens (primary N) is 1. The summed E-state index contributed by atoms with van der Waals surface area (Å²) in [5.74, 6) is 1.64. The van der Waals surface area contributed by atoms with E-state index in [9.17, 15) is 0 Å². The number of aryl methyl sites for hydroxylation is 1.